The molecule has 1 aromatic rings. The first-order chi connectivity index (χ1) is 18.6. The maximum atomic E-state index is 13.2. The van der Waals surface area contributed by atoms with Gasteiger partial charge >= 0.3 is 5.97 Å². The Morgan fingerprint density at radius 3 is 2.72 bits per heavy atom. The Morgan fingerprint density at radius 1 is 1.31 bits per heavy atom. The van der Waals surface area contributed by atoms with E-state index in [-0.39, 0.29) is 78.0 Å². The molecule has 3 fully saturated rings. The first-order valence-electron chi connectivity index (χ1n) is 13.2. The van der Waals surface area contributed by atoms with Gasteiger partial charge in [-0.15, -0.1) is 16.9 Å². The number of rotatable bonds is 10. The summed E-state index contributed by atoms with van der Waals surface area (Å²) >= 11 is 1.42. The summed E-state index contributed by atoms with van der Waals surface area (Å²) in [7, 11) is 0. The van der Waals surface area contributed by atoms with Crippen molar-refractivity contribution in [2.24, 2.45) is 29.4 Å². The van der Waals surface area contributed by atoms with Gasteiger partial charge in [0, 0.05) is 60.7 Å². The van der Waals surface area contributed by atoms with Crippen LogP contribution in [-0.2, 0) is 25.7 Å². The van der Waals surface area contributed by atoms with Gasteiger partial charge in [-0.1, -0.05) is 13.8 Å². The van der Waals surface area contributed by atoms with Crippen LogP contribution in [0.3, 0.4) is 0 Å². The number of fused-ring (bicyclic) bond motifs is 1. The number of amides is 2. The number of nitrogens with two attached hydrogens (primary N) is 1. The fourth-order valence-electron chi connectivity index (χ4n) is 6.40. The van der Waals surface area contributed by atoms with Crippen LogP contribution in [0.5, 0.6) is 0 Å². The zero-order chi connectivity index (χ0) is 28.0. The number of β-lactam (4-membered cyclic amide) rings is 1. The Bertz CT molecular complexity index is 1180. The van der Waals surface area contributed by atoms with E-state index in [0.717, 1.165) is 0 Å². The third kappa shape index (κ3) is 5.08. The number of aliphatic hydroxyl groups excluding tert-OH is 1. The summed E-state index contributed by atoms with van der Waals surface area (Å²) in [5.74, 6) is -2.66. The average Bonchev–Trinajstić information content (AvgIpc) is 3.67. The van der Waals surface area contributed by atoms with Gasteiger partial charge in [0.1, 0.15) is 18.6 Å². The highest BCUT2D eigenvalue weighted by molar-refractivity contribution is 8.03. The molecule has 0 saturated carbocycles. The number of nitrogens with one attached hydrogen (secondary N) is 1. The van der Waals surface area contributed by atoms with Crippen molar-refractivity contribution in [3.63, 3.8) is 0 Å². The van der Waals surface area contributed by atoms with E-state index in [4.69, 9.17) is 5.73 Å². The molecule has 0 bridgehead atoms. The largest absolute Gasteiger partial charge is 0.477 e. The first kappa shape index (κ1) is 27.7. The van der Waals surface area contributed by atoms with E-state index >= 15 is 0 Å². The molecule has 8 atom stereocenters. The molecular weight excluding hydrogens is 528 g/mol. The Morgan fingerprint density at radius 2 is 2.08 bits per heavy atom. The lowest BCUT2D eigenvalue weighted by Crippen LogP contribution is -2.62. The van der Waals surface area contributed by atoms with E-state index in [2.05, 4.69) is 20.8 Å². The highest BCUT2D eigenvalue weighted by atomic mass is 32.2. The van der Waals surface area contributed by atoms with Gasteiger partial charge in [0.2, 0.25) is 11.8 Å². The fraction of sp³-hybridized carbons (Fsp3) is 0.708. The molecule has 4 aliphatic heterocycles. The average molecular weight is 563 g/mol. The molecule has 2 unspecified atom stereocenters. The molecule has 5 heterocycles. The standard InChI is InChI=1S/C24H34N8O6S/c1-11(3-14(34)7-31-10-27-28-29-31)18-19-12(2)21(20(24(37)38)32(19)23(18)36)39-15-4-17(26-5-15)22(35)30-6-13(9-33)16(25)8-30/h10-13,15-19,26,33H,3-9,25H2,1-2H3,(H,37,38)/t11-,12+,13?,15-,16?,17-,18+,19+/m0/s1. The molecule has 1 aromatic heterocycles. The summed E-state index contributed by atoms with van der Waals surface area (Å²) in [6.45, 7) is 5.08. The second kappa shape index (κ2) is 10.9. The Labute approximate surface area is 229 Å². The number of carboxylic acids is 1. The van der Waals surface area contributed by atoms with Crippen LogP contribution >= 0.6 is 11.8 Å². The summed E-state index contributed by atoms with van der Waals surface area (Å²) in [4.78, 5) is 54.8. The normalized spacial score (nSPS) is 32.9. The summed E-state index contributed by atoms with van der Waals surface area (Å²) in [6, 6.07) is -0.981. The highest BCUT2D eigenvalue weighted by Crippen LogP contribution is 2.53. The van der Waals surface area contributed by atoms with E-state index in [1.165, 1.54) is 27.7 Å². The molecule has 5 N–H and O–H groups in total. The van der Waals surface area contributed by atoms with Gasteiger partial charge in [0.05, 0.1) is 18.0 Å². The number of aliphatic carboxylic acids is 1. The number of aliphatic hydroxyl groups is 1. The molecule has 39 heavy (non-hydrogen) atoms. The molecule has 4 aliphatic rings. The lowest BCUT2D eigenvalue weighted by molar-refractivity contribution is -0.160. The molecule has 0 spiro atoms. The van der Waals surface area contributed by atoms with E-state index in [9.17, 15) is 29.4 Å². The van der Waals surface area contributed by atoms with Crippen molar-refractivity contribution in [1.29, 1.82) is 0 Å². The van der Waals surface area contributed by atoms with E-state index in [0.29, 0.717) is 31.0 Å². The number of aromatic nitrogens is 4. The molecule has 3 saturated heterocycles. The van der Waals surface area contributed by atoms with Crippen LogP contribution in [0.15, 0.2) is 16.9 Å². The molecule has 15 heteroatoms. The Balaban J connectivity index is 1.22. The van der Waals surface area contributed by atoms with Gasteiger partial charge in [-0.05, 0) is 22.8 Å². The monoisotopic (exact) mass is 562 g/mol. The third-order valence-corrected chi connectivity index (χ3v) is 9.92. The molecule has 0 aliphatic carbocycles. The van der Waals surface area contributed by atoms with E-state index in [1.807, 2.05) is 13.8 Å². The molecule has 14 nitrogen and oxygen atoms in total. The number of hydrogen-bond donors (Lipinski definition) is 4. The van der Waals surface area contributed by atoms with Crippen molar-refractivity contribution in [2.45, 2.75) is 56.6 Å². The maximum Gasteiger partial charge on any atom is 0.353 e. The second-order valence-electron chi connectivity index (χ2n) is 11.0. The van der Waals surface area contributed by atoms with Crippen molar-refractivity contribution in [3.05, 3.63) is 16.9 Å². The van der Waals surface area contributed by atoms with Gasteiger partial charge < -0.3 is 31.1 Å². The van der Waals surface area contributed by atoms with Gasteiger partial charge in [-0.25, -0.2) is 9.48 Å². The Hall–Kier alpha value is -2.88. The van der Waals surface area contributed by atoms with Crippen LogP contribution in [0.4, 0.5) is 0 Å². The van der Waals surface area contributed by atoms with Crippen molar-refractivity contribution >= 4 is 35.3 Å². The first-order valence-corrected chi connectivity index (χ1v) is 14.1. The van der Waals surface area contributed by atoms with Crippen LogP contribution < -0.4 is 11.1 Å². The van der Waals surface area contributed by atoms with E-state index < -0.39 is 17.9 Å². The van der Waals surface area contributed by atoms with Crippen molar-refractivity contribution < 1.29 is 29.4 Å². The molecule has 0 aromatic carbocycles. The number of tetrazole rings is 1. The zero-order valence-corrected chi connectivity index (χ0v) is 22.7. The Kier molecular flexibility index (Phi) is 7.77. The van der Waals surface area contributed by atoms with Gasteiger partial charge in [-0.2, -0.15) is 0 Å². The van der Waals surface area contributed by atoms with Crippen molar-refractivity contribution in [2.75, 3.05) is 26.2 Å². The number of thioether (sulfide) groups is 1. The SMILES string of the molecule is C[C@@H](CC(=O)Cn1cnnn1)[C@H]1C(=O)N2C(C(=O)O)=C(S[C@@H]3CN[C@H](C(=O)N4CC(N)C(CO)C4)C3)[C@H](C)[C@H]12. The van der Waals surface area contributed by atoms with Crippen LogP contribution in [0.25, 0.3) is 0 Å². The summed E-state index contributed by atoms with van der Waals surface area (Å²) < 4.78 is 1.33. The number of ketones is 1. The van der Waals surface area contributed by atoms with Crippen molar-refractivity contribution in [3.8, 4) is 0 Å². The van der Waals surface area contributed by atoms with Crippen LogP contribution in [0, 0.1) is 23.7 Å². The minimum Gasteiger partial charge on any atom is -0.477 e. The number of Topliss-reactive ketones (excluding diaryl/α,β-unsaturated/α-hetero) is 1. The maximum absolute atomic E-state index is 13.2. The predicted molar refractivity (Wildman–Crippen MR) is 137 cm³/mol. The lowest BCUT2D eigenvalue weighted by Gasteiger charge is -2.47. The minimum atomic E-state index is -1.15. The number of hydrogen-bond acceptors (Lipinski definition) is 11. The van der Waals surface area contributed by atoms with Crippen LogP contribution in [0.2, 0.25) is 0 Å². The van der Waals surface area contributed by atoms with Crippen molar-refractivity contribution in [1.82, 2.24) is 35.3 Å². The summed E-state index contributed by atoms with van der Waals surface area (Å²) in [5.41, 5.74) is 6.05. The quantitative estimate of drug-likeness (QED) is 0.236. The zero-order valence-electron chi connectivity index (χ0n) is 21.8. The van der Waals surface area contributed by atoms with Gasteiger partial charge in [0.15, 0.2) is 5.78 Å². The number of likely N-dealkylation sites (tertiary alicyclic amines) is 1. The third-order valence-electron chi connectivity index (χ3n) is 8.40. The molecular formula is C24H34N8O6S. The smallest absolute Gasteiger partial charge is 0.353 e. The number of nitrogens with zero attached hydrogens (tertiary/aromatic N) is 6. The number of carbonyl (C=O) groups is 4. The lowest BCUT2D eigenvalue weighted by atomic mass is 9.73. The van der Waals surface area contributed by atoms with Gasteiger partial charge in [0.25, 0.3) is 0 Å². The molecule has 5 rings (SSSR count). The predicted octanol–water partition coefficient (Wildman–Crippen LogP) is -1.72. The summed E-state index contributed by atoms with van der Waals surface area (Å²) in [5, 5.41) is 33.5. The summed E-state index contributed by atoms with van der Waals surface area (Å²) in [6.07, 6.45) is 2.03. The van der Waals surface area contributed by atoms with Gasteiger partial charge in [-0.3, -0.25) is 14.4 Å². The topological polar surface area (TPSA) is 197 Å². The number of carboxylic acid groups (broad SMARTS) is 1. The minimum absolute atomic E-state index is 0.0112. The highest BCUT2D eigenvalue weighted by Gasteiger charge is 2.60. The molecule has 2 amide bonds. The molecule has 212 valence electrons. The van der Waals surface area contributed by atoms with Crippen LogP contribution in [-0.4, -0.2) is 113 Å². The molecule has 0 radical (unpaired) electrons. The second-order valence-corrected chi connectivity index (χ2v) is 12.4. The van der Waals surface area contributed by atoms with E-state index in [1.54, 1.807) is 4.90 Å². The number of carbonyl (C=O) groups excluding carboxylic acids is 3. The fourth-order valence-corrected chi connectivity index (χ4v) is 7.88. The van der Waals surface area contributed by atoms with Crippen LogP contribution in [0.1, 0.15) is 26.7 Å².